The van der Waals surface area contributed by atoms with E-state index in [0.717, 1.165) is 0 Å². The lowest BCUT2D eigenvalue weighted by atomic mass is 10.2. The van der Waals surface area contributed by atoms with Gasteiger partial charge in [0.05, 0.1) is 18.9 Å². The molecule has 1 aliphatic rings. The molecule has 0 bridgehead atoms. The third kappa shape index (κ3) is 1.62. The second-order valence-electron chi connectivity index (χ2n) is 3.80. The summed E-state index contributed by atoms with van der Waals surface area (Å²) in [6.07, 6.45) is -4.39. The summed E-state index contributed by atoms with van der Waals surface area (Å²) in [7, 11) is 0. The first-order chi connectivity index (χ1) is 6.91. The summed E-state index contributed by atoms with van der Waals surface area (Å²) in [4.78, 5) is 0. The van der Waals surface area contributed by atoms with Crippen LogP contribution in [-0.4, -0.2) is 9.78 Å². The SMILES string of the molecule is CC(C)n1nc(C(F)(F)F)c2c1COC2. The molecule has 0 radical (unpaired) electrons. The fraction of sp³-hybridized carbons (Fsp3) is 0.667. The molecule has 3 nitrogen and oxygen atoms in total. The smallest absolute Gasteiger partial charge is 0.370 e. The van der Waals surface area contributed by atoms with E-state index in [1.54, 1.807) is 13.8 Å². The molecule has 1 aliphatic heterocycles. The minimum absolute atomic E-state index is 0.0108. The lowest BCUT2D eigenvalue weighted by Gasteiger charge is -2.08. The van der Waals surface area contributed by atoms with Gasteiger partial charge in [-0.1, -0.05) is 0 Å². The maximum Gasteiger partial charge on any atom is 0.435 e. The van der Waals surface area contributed by atoms with Gasteiger partial charge in [0.25, 0.3) is 0 Å². The zero-order valence-corrected chi connectivity index (χ0v) is 8.43. The number of nitrogens with zero attached hydrogens (tertiary/aromatic N) is 2. The molecule has 0 unspecified atom stereocenters. The van der Waals surface area contributed by atoms with Crippen molar-refractivity contribution in [3.05, 3.63) is 17.0 Å². The molecule has 0 saturated carbocycles. The molecule has 1 aromatic rings. The first-order valence-electron chi connectivity index (χ1n) is 4.66. The van der Waals surface area contributed by atoms with Gasteiger partial charge in [-0.2, -0.15) is 18.3 Å². The van der Waals surface area contributed by atoms with Crippen LogP contribution < -0.4 is 0 Å². The molecular formula is C9H11F3N2O. The highest BCUT2D eigenvalue weighted by atomic mass is 19.4. The molecule has 84 valence electrons. The van der Waals surface area contributed by atoms with Crippen LogP contribution in [0.4, 0.5) is 13.2 Å². The van der Waals surface area contributed by atoms with Crippen molar-refractivity contribution in [2.45, 2.75) is 39.3 Å². The molecule has 0 N–H and O–H groups in total. The molecule has 15 heavy (non-hydrogen) atoms. The molecule has 1 aromatic heterocycles. The first-order valence-corrected chi connectivity index (χ1v) is 4.66. The highest BCUT2D eigenvalue weighted by molar-refractivity contribution is 5.30. The average molecular weight is 220 g/mol. The van der Waals surface area contributed by atoms with Crippen LogP contribution in [0.2, 0.25) is 0 Å². The standard InChI is InChI=1S/C9H11F3N2O/c1-5(2)14-7-4-15-3-6(7)8(13-14)9(10,11)12/h5H,3-4H2,1-2H3. The van der Waals surface area contributed by atoms with E-state index in [0.29, 0.717) is 5.69 Å². The minimum atomic E-state index is -4.39. The van der Waals surface area contributed by atoms with Gasteiger partial charge < -0.3 is 4.74 Å². The molecule has 0 amide bonds. The molecule has 2 heterocycles. The minimum Gasteiger partial charge on any atom is -0.370 e. The second-order valence-corrected chi connectivity index (χ2v) is 3.80. The Morgan fingerprint density at radius 2 is 2.00 bits per heavy atom. The van der Waals surface area contributed by atoms with Gasteiger partial charge in [-0.25, -0.2) is 0 Å². The second kappa shape index (κ2) is 3.23. The zero-order chi connectivity index (χ0) is 11.2. The lowest BCUT2D eigenvalue weighted by Crippen LogP contribution is -2.11. The quantitative estimate of drug-likeness (QED) is 0.727. The van der Waals surface area contributed by atoms with Crippen molar-refractivity contribution in [1.82, 2.24) is 9.78 Å². The predicted molar refractivity (Wildman–Crippen MR) is 46.1 cm³/mol. The maximum atomic E-state index is 12.6. The van der Waals surface area contributed by atoms with E-state index in [9.17, 15) is 13.2 Å². The number of hydrogen-bond acceptors (Lipinski definition) is 2. The van der Waals surface area contributed by atoms with Gasteiger partial charge in [0.15, 0.2) is 5.69 Å². The summed E-state index contributed by atoms with van der Waals surface area (Å²) in [5, 5.41) is 3.61. The van der Waals surface area contributed by atoms with Crippen LogP contribution in [0, 0.1) is 0 Å². The molecule has 0 fully saturated rings. The van der Waals surface area contributed by atoms with Gasteiger partial charge in [0, 0.05) is 11.6 Å². The fourth-order valence-electron chi connectivity index (χ4n) is 1.71. The maximum absolute atomic E-state index is 12.6. The van der Waals surface area contributed by atoms with Gasteiger partial charge in [-0.3, -0.25) is 4.68 Å². The van der Waals surface area contributed by atoms with E-state index in [1.807, 2.05) is 0 Å². The largest absolute Gasteiger partial charge is 0.435 e. The summed E-state index contributed by atoms with van der Waals surface area (Å²) in [6, 6.07) is -0.0865. The highest BCUT2D eigenvalue weighted by Crippen LogP contribution is 2.36. The zero-order valence-electron chi connectivity index (χ0n) is 8.43. The van der Waals surface area contributed by atoms with Gasteiger partial charge in [0.1, 0.15) is 0 Å². The Balaban J connectivity index is 2.54. The summed E-state index contributed by atoms with van der Waals surface area (Å²) < 4.78 is 44.2. The summed E-state index contributed by atoms with van der Waals surface area (Å²) in [5.41, 5.74) is -0.0581. The number of aromatic nitrogens is 2. The van der Waals surface area contributed by atoms with Crippen molar-refractivity contribution in [3.8, 4) is 0 Å². The Kier molecular flexibility index (Phi) is 2.26. The van der Waals surface area contributed by atoms with Gasteiger partial charge in [-0.05, 0) is 13.8 Å². The van der Waals surface area contributed by atoms with Crippen LogP contribution >= 0.6 is 0 Å². The molecule has 2 rings (SSSR count). The van der Waals surface area contributed by atoms with Gasteiger partial charge in [-0.15, -0.1) is 0 Å². The third-order valence-corrected chi connectivity index (χ3v) is 2.36. The van der Waals surface area contributed by atoms with E-state index in [2.05, 4.69) is 5.10 Å². The molecule has 0 atom stereocenters. The van der Waals surface area contributed by atoms with Crippen molar-refractivity contribution < 1.29 is 17.9 Å². The van der Waals surface area contributed by atoms with E-state index < -0.39 is 11.9 Å². The number of fused-ring (bicyclic) bond motifs is 1. The van der Waals surface area contributed by atoms with Crippen molar-refractivity contribution in [2.75, 3.05) is 0 Å². The monoisotopic (exact) mass is 220 g/mol. The molecule has 0 saturated heterocycles. The van der Waals surface area contributed by atoms with Crippen molar-refractivity contribution in [3.63, 3.8) is 0 Å². The van der Waals surface area contributed by atoms with Gasteiger partial charge >= 0.3 is 6.18 Å². The summed E-state index contributed by atoms with van der Waals surface area (Å²) in [6.45, 7) is 3.82. The Hall–Kier alpha value is -1.04. The molecule has 6 heteroatoms. The van der Waals surface area contributed by atoms with Crippen LogP contribution in [-0.2, 0) is 24.1 Å². The Labute approximate surface area is 84.8 Å². The van der Waals surface area contributed by atoms with Crippen LogP contribution in [0.25, 0.3) is 0 Å². The van der Waals surface area contributed by atoms with Crippen molar-refractivity contribution >= 4 is 0 Å². The number of alkyl halides is 3. The molecule has 0 aliphatic carbocycles. The lowest BCUT2D eigenvalue weighted by molar-refractivity contribution is -0.142. The normalized spacial score (nSPS) is 16.1. The van der Waals surface area contributed by atoms with Crippen LogP contribution in [0.3, 0.4) is 0 Å². The van der Waals surface area contributed by atoms with Crippen LogP contribution in [0.1, 0.15) is 36.8 Å². The van der Waals surface area contributed by atoms with E-state index in [4.69, 9.17) is 4.74 Å². The molecule has 0 spiro atoms. The topological polar surface area (TPSA) is 27.1 Å². The number of halogens is 3. The number of rotatable bonds is 1. The van der Waals surface area contributed by atoms with Crippen LogP contribution in [0.15, 0.2) is 0 Å². The summed E-state index contributed by atoms with van der Waals surface area (Å²) >= 11 is 0. The first kappa shape index (κ1) is 10.5. The van der Waals surface area contributed by atoms with Gasteiger partial charge in [0.2, 0.25) is 0 Å². The van der Waals surface area contributed by atoms with Crippen molar-refractivity contribution in [2.24, 2.45) is 0 Å². The molecular weight excluding hydrogens is 209 g/mol. The van der Waals surface area contributed by atoms with E-state index >= 15 is 0 Å². The molecule has 0 aromatic carbocycles. The van der Waals surface area contributed by atoms with Crippen LogP contribution in [0.5, 0.6) is 0 Å². The Bertz CT molecular complexity index is 381. The van der Waals surface area contributed by atoms with E-state index in [1.165, 1.54) is 4.68 Å². The highest BCUT2D eigenvalue weighted by Gasteiger charge is 2.40. The fourth-order valence-corrected chi connectivity index (χ4v) is 1.71. The number of hydrogen-bond donors (Lipinski definition) is 0. The predicted octanol–water partition coefficient (Wildman–Crippen LogP) is 2.51. The Morgan fingerprint density at radius 3 is 2.53 bits per heavy atom. The average Bonchev–Trinajstić information content (AvgIpc) is 2.57. The third-order valence-electron chi connectivity index (χ3n) is 2.36. The Morgan fingerprint density at radius 1 is 1.33 bits per heavy atom. The van der Waals surface area contributed by atoms with E-state index in [-0.39, 0.29) is 24.8 Å². The number of ether oxygens (including phenoxy) is 1. The summed E-state index contributed by atoms with van der Waals surface area (Å²) in [5.74, 6) is 0. The van der Waals surface area contributed by atoms with Crippen molar-refractivity contribution in [1.29, 1.82) is 0 Å².